The Hall–Kier alpha value is -1.39. The van der Waals surface area contributed by atoms with Crippen LogP contribution in [0.3, 0.4) is 0 Å². The van der Waals surface area contributed by atoms with Crippen molar-refractivity contribution in [2.45, 2.75) is 32.4 Å². The van der Waals surface area contributed by atoms with Crippen molar-refractivity contribution >= 4 is 5.97 Å². The number of benzene rings is 1. The molecule has 0 aliphatic rings. The Labute approximate surface area is 108 Å². The predicted octanol–water partition coefficient (Wildman–Crippen LogP) is 1.66. The molecule has 0 aliphatic carbocycles. The molecule has 0 bridgehead atoms. The second-order valence-electron chi connectivity index (χ2n) is 4.80. The molecule has 0 heterocycles. The molecule has 1 aromatic carbocycles. The summed E-state index contributed by atoms with van der Waals surface area (Å²) in [5.41, 5.74) is 5.41. The fourth-order valence-electron chi connectivity index (χ4n) is 2.00. The van der Waals surface area contributed by atoms with Gasteiger partial charge in [-0.1, -0.05) is 37.3 Å². The molecular formula is C14H22N2O2. The minimum atomic E-state index is -1.36. The van der Waals surface area contributed by atoms with Crippen LogP contribution in [0, 0.1) is 0 Å². The molecule has 0 amide bonds. The Morgan fingerprint density at radius 1 is 1.39 bits per heavy atom. The van der Waals surface area contributed by atoms with Gasteiger partial charge in [0.25, 0.3) is 0 Å². The standard InChI is InChI=1S/C14H22N2O2/c1-4-16(11(2)3)10-14(15,13(17)18)12-8-6-5-7-9-12/h5-9,11H,4,10,15H2,1-3H3,(H,17,18). The molecule has 4 heteroatoms. The number of likely N-dealkylation sites (N-methyl/N-ethyl adjacent to an activating group) is 1. The molecule has 100 valence electrons. The van der Waals surface area contributed by atoms with E-state index in [1.54, 1.807) is 12.1 Å². The van der Waals surface area contributed by atoms with Crippen LogP contribution in [0.25, 0.3) is 0 Å². The molecule has 0 aromatic heterocycles. The first-order valence-corrected chi connectivity index (χ1v) is 6.23. The number of hydrogen-bond acceptors (Lipinski definition) is 3. The van der Waals surface area contributed by atoms with Crippen LogP contribution in [0.1, 0.15) is 26.3 Å². The highest BCUT2D eigenvalue weighted by Crippen LogP contribution is 2.21. The Bertz CT molecular complexity index is 392. The maximum atomic E-state index is 11.5. The van der Waals surface area contributed by atoms with Gasteiger partial charge >= 0.3 is 5.97 Å². The first-order chi connectivity index (χ1) is 8.41. The first-order valence-electron chi connectivity index (χ1n) is 6.23. The molecule has 1 atom stereocenters. The van der Waals surface area contributed by atoms with Gasteiger partial charge in [0.2, 0.25) is 0 Å². The molecule has 1 aromatic rings. The molecule has 4 nitrogen and oxygen atoms in total. The number of carboxylic acid groups (broad SMARTS) is 1. The van der Waals surface area contributed by atoms with Gasteiger partial charge in [0, 0.05) is 12.6 Å². The lowest BCUT2D eigenvalue weighted by atomic mass is 9.90. The summed E-state index contributed by atoms with van der Waals surface area (Å²) in [5.74, 6) is -0.993. The SMILES string of the molecule is CCN(CC(N)(C(=O)O)c1ccccc1)C(C)C. The summed E-state index contributed by atoms with van der Waals surface area (Å²) in [6.07, 6.45) is 0. The molecule has 0 spiro atoms. The van der Waals surface area contributed by atoms with Crippen LogP contribution in [-0.4, -0.2) is 35.1 Å². The number of carboxylic acids is 1. The highest BCUT2D eigenvalue weighted by atomic mass is 16.4. The molecule has 0 aliphatic heterocycles. The van der Waals surface area contributed by atoms with Gasteiger partial charge in [0.1, 0.15) is 0 Å². The lowest BCUT2D eigenvalue weighted by Crippen LogP contribution is -2.54. The van der Waals surface area contributed by atoms with Crippen molar-refractivity contribution in [2.75, 3.05) is 13.1 Å². The van der Waals surface area contributed by atoms with Gasteiger partial charge in [-0.2, -0.15) is 0 Å². The zero-order chi connectivity index (χ0) is 13.8. The van der Waals surface area contributed by atoms with Crippen molar-refractivity contribution < 1.29 is 9.90 Å². The number of aliphatic carboxylic acids is 1. The summed E-state index contributed by atoms with van der Waals surface area (Å²) in [6, 6.07) is 9.27. The third-order valence-electron chi connectivity index (χ3n) is 3.26. The Morgan fingerprint density at radius 2 is 1.94 bits per heavy atom. The van der Waals surface area contributed by atoms with Gasteiger partial charge in [-0.05, 0) is 26.0 Å². The van der Waals surface area contributed by atoms with Crippen LogP contribution >= 0.6 is 0 Å². The van der Waals surface area contributed by atoms with E-state index < -0.39 is 11.5 Å². The number of rotatable bonds is 6. The van der Waals surface area contributed by atoms with Gasteiger partial charge in [-0.25, -0.2) is 4.79 Å². The van der Waals surface area contributed by atoms with Crippen LogP contribution in [0.5, 0.6) is 0 Å². The van der Waals surface area contributed by atoms with Crippen molar-refractivity contribution in [3.05, 3.63) is 35.9 Å². The van der Waals surface area contributed by atoms with Crippen LogP contribution in [0.2, 0.25) is 0 Å². The summed E-state index contributed by atoms with van der Waals surface area (Å²) >= 11 is 0. The van der Waals surface area contributed by atoms with Crippen LogP contribution in [0.15, 0.2) is 30.3 Å². The average molecular weight is 250 g/mol. The highest BCUT2D eigenvalue weighted by Gasteiger charge is 2.38. The minimum absolute atomic E-state index is 0.265. The van der Waals surface area contributed by atoms with E-state index in [4.69, 9.17) is 5.73 Å². The Kier molecular flexibility index (Phi) is 4.87. The van der Waals surface area contributed by atoms with E-state index in [0.717, 1.165) is 6.54 Å². The zero-order valence-electron chi connectivity index (χ0n) is 11.3. The van der Waals surface area contributed by atoms with E-state index in [2.05, 4.69) is 4.90 Å². The van der Waals surface area contributed by atoms with Crippen molar-refractivity contribution in [1.29, 1.82) is 0 Å². The van der Waals surface area contributed by atoms with E-state index in [0.29, 0.717) is 12.1 Å². The van der Waals surface area contributed by atoms with Gasteiger partial charge in [0.15, 0.2) is 5.54 Å². The lowest BCUT2D eigenvalue weighted by Gasteiger charge is -2.34. The topological polar surface area (TPSA) is 66.6 Å². The van der Waals surface area contributed by atoms with Crippen LogP contribution in [-0.2, 0) is 10.3 Å². The smallest absolute Gasteiger partial charge is 0.329 e. The van der Waals surface area contributed by atoms with Crippen molar-refractivity contribution in [1.82, 2.24) is 4.90 Å². The maximum Gasteiger partial charge on any atom is 0.329 e. The Morgan fingerprint density at radius 3 is 2.33 bits per heavy atom. The molecule has 18 heavy (non-hydrogen) atoms. The molecule has 0 fully saturated rings. The fraction of sp³-hybridized carbons (Fsp3) is 0.500. The second-order valence-corrected chi connectivity index (χ2v) is 4.80. The van der Waals surface area contributed by atoms with Gasteiger partial charge in [-0.3, -0.25) is 4.90 Å². The number of carbonyl (C=O) groups is 1. The highest BCUT2D eigenvalue weighted by molar-refractivity contribution is 5.80. The second kappa shape index (κ2) is 5.98. The number of hydrogen-bond donors (Lipinski definition) is 2. The third-order valence-corrected chi connectivity index (χ3v) is 3.26. The number of nitrogens with zero attached hydrogens (tertiary/aromatic N) is 1. The predicted molar refractivity (Wildman–Crippen MR) is 72.3 cm³/mol. The van der Waals surface area contributed by atoms with Crippen molar-refractivity contribution in [3.63, 3.8) is 0 Å². The normalized spacial score (nSPS) is 14.8. The van der Waals surface area contributed by atoms with Gasteiger partial charge < -0.3 is 10.8 Å². The Balaban J connectivity index is 3.05. The summed E-state index contributed by atoms with van der Waals surface area (Å²) in [4.78, 5) is 13.6. The lowest BCUT2D eigenvalue weighted by molar-refractivity contribution is -0.144. The maximum absolute atomic E-state index is 11.5. The monoisotopic (exact) mass is 250 g/mol. The minimum Gasteiger partial charge on any atom is -0.480 e. The third kappa shape index (κ3) is 3.09. The molecule has 3 N–H and O–H groups in total. The van der Waals surface area contributed by atoms with Crippen molar-refractivity contribution in [3.8, 4) is 0 Å². The van der Waals surface area contributed by atoms with Gasteiger partial charge in [-0.15, -0.1) is 0 Å². The van der Waals surface area contributed by atoms with E-state index in [9.17, 15) is 9.90 Å². The largest absolute Gasteiger partial charge is 0.480 e. The van der Waals surface area contributed by atoms with E-state index in [-0.39, 0.29) is 6.04 Å². The summed E-state index contributed by atoms with van der Waals surface area (Å²) in [7, 11) is 0. The molecule has 1 rings (SSSR count). The summed E-state index contributed by atoms with van der Waals surface area (Å²) in [6.45, 7) is 7.16. The summed E-state index contributed by atoms with van der Waals surface area (Å²) in [5, 5.41) is 9.46. The zero-order valence-corrected chi connectivity index (χ0v) is 11.3. The van der Waals surface area contributed by atoms with Gasteiger partial charge in [0.05, 0.1) is 0 Å². The van der Waals surface area contributed by atoms with E-state index in [1.165, 1.54) is 0 Å². The van der Waals surface area contributed by atoms with Crippen LogP contribution < -0.4 is 5.73 Å². The summed E-state index contributed by atoms with van der Waals surface area (Å²) < 4.78 is 0. The number of nitrogens with two attached hydrogens (primary N) is 1. The molecule has 0 saturated carbocycles. The molecular weight excluding hydrogens is 228 g/mol. The average Bonchev–Trinajstić information content (AvgIpc) is 2.36. The van der Waals surface area contributed by atoms with Crippen LogP contribution in [0.4, 0.5) is 0 Å². The van der Waals surface area contributed by atoms with E-state index >= 15 is 0 Å². The first kappa shape index (κ1) is 14.7. The van der Waals surface area contributed by atoms with E-state index in [1.807, 2.05) is 39.0 Å². The molecule has 0 radical (unpaired) electrons. The molecule has 1 unspecified atom stereocenters. The molecule has 0 saturated heterocycles. The van der Waals surface area contributed by atoms with Crippen molar-refractivity contribution in [2.24, 2.45) is 5.73 Å². The quantitative estimate of drug-likeness (QED) is 0.805. The fourth-order valence-corrected chi connectivity index (χ4v) is 2.00.